The molecule has 2 amide bonds. The predicted octanol–water partition coefficient (Wildman–Crippen LogP) is 0.612. The van der Waals surface area contributed by atoms with E-state index in [1.165, 1.54) is 6.92 Å². The van der Waals surface area contributed by atoms with Gasteiger partial charge in [0.05, 0.1) is 5.92 Å². The summed E-state index contributed by atoms with van der Waals surface area (Å²) in [6.07, 6.45) is 0. The van der Waals surface area contributed by atoms with Crippen LogP contribution in [-0.4, -0.2) is 27.9 Å². The molecule has 0 spiro atoms. The highest BCUT2D eigenvalue weighted by Crippen LogP contribution is 2.31. The van der Waals surface area contributed by atoms with Crippen molar-refractivity contribution in [3.8, 4) is 0 Å². The van der Waals surface area contributed by atoms with Gasteiger partial charge < -0.3 is 0 Å². The van der Waals surface area contributed by atoms with Crippen molar-refractivity contribution in [2.75, 3.05) is 0 Å². The summed E-state index contributed by atoms with van der Waals surface area (Å²) in [5.74, 6) is -3.64. The van der Waals surface area contributed by atoms with Crippen LogP contribution in [0.3, 0.4) is 0 Å². The molecule has 0 aromatic carbocycles. The van der Waals surface area contributed by atoms with Crippen molar-refractivity contribution in [1.82, 2.24) is 5.06 Å². The number of ketones is 1. The summed E-state index contributed by atoms with van der Waals surface area (Å²) in [6, 6.07) is 0. The summed E-state index contributed by atoms with van der Waals surface area (Å²) in [4.78, 5) is 34.6. The van der Waals surface area contributed by atoms with Gasteiger partial charge in [0.2, 0.25) is 0 Å². The highest BCUT2D eigenvalue weighted by molar-refractivity contribution is 6.15. The molecule has 1 aliphatic rings. The van der Waals surface area contributed by atoms with Crippen molar-refractivity contribution >= 4 is 17.6 Å². The van der Waals surface area contributed by atoms with E-state index in [9.17, 15) is 14.4 Å². The number of hydroxylamine groups is 2. The monoisotopic (exact) mass is 213 g/mol. The zero-order chi connectivity index (χ0) is 12.0. The van der Waals surface area contributed by atoms with E-state index >= 15 is 0 Å². The Hall–Kier alpha value is -1.23. The van der Waals surface area contributed by atoms with Gasteiger partial charge in [0.15, 0.2) is 5.78 Å². The molecule has 0 bridgehead atoms. The molecule has 2 atom stereocenters. The van der Waals surface area contributed by atoms with Gasteiger partial charge in [0.25, 0.3) is 11.8 Å². The molecule has 0 aliphatic carbocycles. The molecule has 0 radical (unpaired) electrons. The molecule has 1 fully saturated rings. The molecule has 0 saturated carbocycles. The highest BCUT2D eigenvalue weighted by Gasteiger charge is 2.51. The topological polar surface area (TPSA) is 74.7 Å². The third-order valence-corrected chi connectivity index (χ3v) is 2.59. The molecule has 1 rings (SSSR count). The maximum absolute atomic E-state index is 11.9. The summed E-state index contributed by atoms with van der Waals surface area (Å²) >= 11 is 0. The van der Waals surface area contributed by atoms with E-state index in [1.807, 2.05) is 0 Å². The first-order chi connectivity index (χ1) is 6.68. The van der Waals surface area contributed by atoms with Crippen LogP contribution in [0.1, 0.15) is 27.7 Å². The number of nitrogens with zero attached hydrogens (tertiary/aromatic N) is 1. The maximum atomic E-state index is 11.9. The van der Waals surface area contributed by atoms with Gasteiger partial charge in [-0.15, -0.1) is 0 Å². The van der Waals surface area contributed by atoms with E-state index in [2.05, 4.69) is 0 Å². The number of hydrogen-bond donors (Lipinski definition) is 1. The zero-order valence-electron chi connectivity index (χ0n) is 9.27. The average molecular weight is 213 g/mol. The molecule has 0 aromatic rings. The minimum atomic E-state index is -1.04. The third-order valence-electron chi connectivity index (χ3n) is 2.59. The van der Waals surface area contributed by atoms with Gasteiger partial charge in [-0.3, -0.25) is 19.6 Å². The van der Waals surface area contributed by atoms with Crippen LogP contribution in [0.15, 0.2) is 0 Å². The molecule has 1 N–H and O–H groups in total. The second-order valence-corrected chi connectivity index (χ2v) is 4.87. The number of hydrogen-bond acceptors (Lipinski definition) is 4. The van der Waals surface area contributed by atoms with Crippen LogP contribution in [0.5, 0.6) is 0 Å². The predicted molar refractivity (Wildman–Crippen MR) is 50.8 cm³/mol. The maximum Gasteiger partial charge on any atom is 0.264 e. The van der Waals surface area contributed by atoms with Crippen LogP contribution in [0.25, 0.3) is 0 Å². The van der Waals surface area contributed by atoms with Crippen molar-refractivity contribution in [3.63, 3.8) is 0 Å². The SMILES string of the molecule is C[C@@H]1C(=O)N(O)C(=O)[C@H]1C(=O)C(C)(C)C. The summed E-state index contributed by atoms with van der Waals surface area (Å²) in [7, 11) is 0. The molecule has 84 valence electrons. The first-order valence-electron chi connectivity index (χ1n) is 4.79. The summed E-state index contributed by atoms with van der Waals surface area (Å²) < 4.78 is 0. The lowest BCUT2D eigenvalue weighted by Crippen LogP contribution is -2.35. The summed E-state index contributed by atoms with van der Waals surface area (Å²) in [5, 5.41) is 9.16. The highest BCUT2D eigenvalue weighted by atomic mass is 16.5. The fourth-order valence-corrected chi connectivity index (χ4v) is 1.60. The Labute approximate surface area is 88.0 Å². The quantitative estimate of drug-likeness (QED) is 0.393. The van der Waals surface area contributed by atoms with E-state index < -0.39 is 29.1 Å². The van der Waals surface area contributed by atoms with Gasteiger partial charge in [-0.05, 0) is 0 Å². The van der Waals surface area contributed by atoms with Crippen LogP contribution in [0.2, 0.25) is 0 Å². The van der Waals surface area contributed by atoms with E-state index in [1.54, 1.807) is 20.8 Å². The Kier molecular flexibility index (Phi) is 2.69. The fourth-order valence-electron chi connectivity index (χ4n) is 1.60. The second-order valence-electron chi connectivity index (χ2n) is 4.87. The lowest BCUT2D eigenvalue weighted by Gasteiger charge is -2.21. The molecular weight excluding hydrogens is 198 g/mol. The van der Waals surface area contributed by atoms with Crippen molar-refractivity contribution in [2.45, 2.75) is 27.7 Å². The fraction of sp³-hybridized carbons (Fsp3) is 0.700. The van der Waals surface area contributed by atoms with Crippen molar-refractivity contribution in [3.05, 3.63) is 0 Å². The van der Waals surface area contributed by atoms with Crippen molar-refractivity contribution < 1.29 is 19.6 Å². The van der Waals surface area contributed by atoms with Gasteiger partial charge in [0.1, 0.15) is 5.92 Å². The minimum Gasteiger partial charge on any atom is -0.298 e. The number of carbonyl (C=O) groups is 3. The largest absolute Gasteiger partial charge is 0.298 e. The first-order valence-corrected chi connectivity index (χ1v) is 4.79. The van der Waals surface area contributed by atoms with Gasteiger partial charge in [-0.2, -0.15) is 5.06 Å². The molecule has 1 heterocycles. The van der Waals surface area contributed by atoms with Gasteiger partial charge >= 0.3 is 0 Å². The van der Waals surface area contributed by atoms with Gasteiger partial charge in [-0.25, -0.2) is 0 Å². The summed E-state index contributed by atoms with van der Waals surface area (Å²) in [6.45, 7) is 6.52. The van der Waals surface area contributed by atoms with E-state index in [-0.39, 0.29) is 10.8 Å². The Morgan fingerprint density at radius 3 is 2.00 bits per heavy atom. The van der Waals surface area contributed by atoms with Gasteiger partial charge in [-0.1, -0.05) is 27.7 Å². The molecule has 1 aliphatic heterocycles. The van der Waals surface area contributed by atoms with Crippen LogP contribution in [-0.2, 0) is 14.4 Å². The van der Waals surface area contributed by atoms with Crippen molar-refractivity contribution in [2.24, 2.45) is 17.3 Å². The number of rotatable bonds is 1. The van der Waals surface area contributed by atoms with Crippen molar-refractivity contribution in [1.29, 1.82) is 0 Å². The third kappa shape index (κ3) is 1.79. The van der Waals surface area contributed by atoms with E-state index in [4.69, 9.17) is 5.21 Å². The molecule has 5 nitrogen and oxygen atoms in total. The average Bonchev–Trinajstić information content (AvgIpc) is 2.29. The Bertz CT molecular complexity index is 329. The van der Waals surface area contributed by atoms with Crippen LogP contribution in [0, 0.1) is 17.3 Å². The lowest BCUT2D eigenvalue weighted by atomic mass is 9.79. The Balaban J connectivity index is 3.03. The van der Waals surface area contributed by atoms with Gasteiger partial charge in [0, 0.05) is 5.41 Å². The standard InChI is InChI=1S/C10H15NO4/c1-5-6(7(12)10(2,3)4)9(14)11(15)8(5)13/h5-6,15H,1-4H3/t5-,6+/m0/s1. The number of imide groups is 1. The molecule has 0 aromatic heterocycles. The number of carbonyl (C=O) groups excluding carboxylic acids is 3. The molecular formula is C10H15NO4. The number of amides is 2. The summed E-state index contributed by atoms with van der Waals surface area (Å²) in [5.41, 5.74) is -0.694. The molecule has 5 heteroatoms. The van der Waals surface area contributed by atoms with E-state index in [0.29, 0.717) is 0 Å². The van der Waals surface area contributed by atoms with E-state index in [0.717, 1.165) is 0 Å². The molecule has 15 heavy (non-hydrogen) atoms. The normalized spacial score (nSPS) is 27.4. The minimum absolute atomic E-state index is 0.0545. The zero-order valence-corrected chi connectivity index (χ0v) is 9.27. The Morgan fingerprint density at radius 2 is 1.73 bits per heavy atom. The van der Waals surface area contributed by atoms with Crippen LogP contribution >= 0.6 is 0 Å². The molecule has 1 saturated heterocycles. The van der Waals surface area contributed by atoms with Crippen LogP contribution < -0.4 is 0 Å². The first kappa shape index (κ1) is 11.8. The Morgan fingerprint density at radius 1 is 1.27 bits per heavy atom. The lowest BCUT2D eigenvalue weighted by molar-refractivity contribution is -0.173. The molecule has 0 unspecified atom stereocenters. The van der Waals surface area contributed by atoms with Crippen LogP contribution in [0.4, 0.5) is 0 Å². The second kappa shape index (κ2) is 3.41. The smallest absolute Gasteiger partial charge is 0.264 e. The number of Topliss-reactive ketones (excluding diaryl/α,β-unsaturated/α-hetero) is 1.